The molecule has 2 heteroatoms. The van der Waals surface area contributed by atoms with Gasteiger partial charge >= 0.3 is 0 Å². The smallest absolute Gasteiger partial charge is 0.211 e. The third-order valence-electron chi connectivity index (χ3n) is 5.52. The minimum atomic E-state index is 0.259. The lowest BCUT2D eigenvalue weighted by molar-refractivity contribution is 0.314. The van der Waals surface area contributed by atoms with Crippen LogP contribution in [-0.4, -0.2) is 12.1 Å². The maximum absolute atomic E-state index is 10.8. The number of isocyanates is 1. The summed E-state index contributed by atoms with van der Waals surface area (Å²) in [6.07, 6.45) is 24.5. The third-order valence-corrected chi connectivity index (χ3v) is 5.52. The van der Waals surface area contributed by atoms with E-state index in [1.165, 1.54) is 103 Å². The van der Waals surface area contributed by atoms with E-state index in [2.05, 4.69) is 11.9 Å². The lowest BCUT2D eigenvalue weighted by atomic mass is 9.84. The Labute approximate surface area is 144 Å². The highest BCUT2D eigenvalue weighted by Crippen LogP contribution is 2.28. The molecule has 0 amide bonds. The van der Waals surface area contributed by atoms with Gasteiger partial charge in [-0.15, -0.1) is 0 Å². The molecule has 2 nitrogen and oxygen atoms in total. The summed E-state index contributed by atoms with van der Waals surface area (Å²) in [5, 5.41) is 0. The standard InChI is InChI=1S/C21H39NO/c1-2-3-4-5-6-7-10-13-16-20-17-14-11-8-9-12-15-18-21(20)22-19-23/h20-21H,2-18H2,1H3. The van der Waals surface area contributed by atoms with Crippen molar-refractivity contribution in [1.82, 2.24) is 0 Å². The first kappa shape index (κ1) is 20.4. The van der Waals surface area contributed by atoms with Gasteiger partial charge in [-0.3, -0.25) is 0 Å². The van der Waals surface area contributed by atoms with Crippen LogP contribution in [0.25, 0.3) is 0 Å². The van der Waals surface area contributed by atoms with Crippen molar-refractivity contribution in [3.63, 3.8) is 0 Å². The highest BCUT2D eigenvalue weighted by Gasteiger charge is 2.20. The normalized spacial score (nSPS) is 23.2. The molecule has 23 heavy (non-hydrogen) atoms. The van der Waals surface area contributed by atoms with Gasteiger partial charge in [0.05, 0.1) is 6.04 Å². The zero-order chi connectivity index (χ0) is 16.6. The van der Waals surface area contributed by atoms with Crippen LogP contribution in [0.4, 0.5) is 0 Å². The summed E-state index contributed by atoms with van der Waals surface area (Å²) in [6, 6.07) is 0.259. The molecule has 0 radical (unpaired) electrons. The Hall–Kier alpha value is -0.620. The quantitative estimate of drug-likeness (QED) is 0.242. The van der Waals surface area contributed by atoms with Crippen molar-refractivity contribution in [3.05, 3.63) is 0 Å². The summed E-state index contributed by atoms with van der Waals surface area (Å²) in [4.78, 5) is 15.0. The van der Waals surface area contributed by atoms with Gasteiger partial charge in [-0.2, -0.15) is 0 Å². The third kappa shape index (κ3) is 10.7. The van der Waals surface area contributed by atoms with Gasteiger partial charge in [0.1, 0.15) is 0 Å². The number of nitrogens with zero attached hydrogens (tertiary/aromatic N) is 1. The molecule has 0 spiro atoms. The lowest BCUT2D eigenvalue weighted by Crippen LogP contribution is -2.19. The lowest BCUT2D eigenvalue weighted by Gasteiger charge is -2.24. The second kappa shape index (κ2) is 14.9. The topological polar surface area (TPSA) is 29.4 Å². The first-order chi connectivity index (χ1) is 11.4. The Bertz CT molecular complexity index is 309. The van der Waals surface area contributed by atoms with Crippen molar-refractivity contribution in [2.75, 3.05) is 0 Å². The van der Waals surface area contributed by atoms with Crippen molar-refractivity contribution < 1.29 is 4.79 Å². The minimum Gasteiger partial charge on any atom is -0.211 e. The summed E-state index contributed by atoms with van der Waals surface area (Å²) in [5.74, 6) is 0.634. The molecule has 0 N–H and O–H groups in total. The highest BCUT2D eigenvalue weighted by molar-refractivity contribution is 5.33. The number of hydrogen-bond acceptors (Lipinski definition) is 2. The van der Waals surface area contributed by atoms with Gasteiger partial charge < -0.3 is 0 Å². The molecule has 0 heterocycles. The summed E-state index contributed by atoms with van der Waals surface area (Å²) >= 11 is 0. The van der Waals surface area contributed by atoms with E-state index in [1.807, 2.05) is 6.08 Å². The van der Waals surface area contributed by atoms with E-state index in [9.17, 15) is 4.79 Å². The van der Waals surface area contributed by atoms with Crippen LogP contribution in [0, 0.1) is 5.92 Å². The average molecular weight is 322 g/mol. The van der Waals surface area contributed by atoms with Crippen LogP contribution in [0.5, 0.6) is 0 Å². The molecule has 2 unspecified atom stereocenters. The Morgan fingerprint density at radius 3 is 2.00 bits per heavy atom. The van der Waals surface area contributed by atoms with Gasteiger partial charge in [0.2, 0.25) is 6.08 Å². The molecule has 0 aromatic heterocycles. The van der Waals surface area contributed by atoms with Crippen LogP contribution in [0.3, 0.4) is 0 Å². The molecule has 0 saturated heterocycles. The monoisotopic (exact) mass is 321 g/mol. The predicted octanol–water partition coefficient (Wildman–Crippen LogP) is 6.97. The SMILES string of the molecule is CCCCCCCCCCC1CCCCCCCCC1N=C=O. The van der Waals surface area contributed by atoms with Crippen molar-refractivity contribution in [3.8, 4) is 0 Å². The van der Waals surface area contributed by atoms with E-state index in [1.54, 1.807) is 0 Å². The largest absolute Gasteiger partial charge is 0.235 e. The van der Waals surface area contributed by atoms with Gasteiger partial charge in [-0.05, 0) is 25.2 Å². The number of rotatable bonds is 10. The van der Waals surface area contributed by atoms with Crippen LogP contribution in [0.15, 0.2) is 4.99 Å². The molecular weight excluding hydrogens is 282 g/mol. The molecule has 0 aromatic carbocycles. The molecule has 2 atom stereocenters. The fourth-order valence-electron chi connectivity index (χ4n) is 4.01. The second-order valence-electron chi connectivity index (χ2n) is 7.51. The van der Waals surface area contributed by atoms with Crippen LogP contribution < -0.4 is 0 Å². The number of carbonyl (C=O) groups excluding carboxylic acids is 1. The first-order valence-electron chi connectivity index (χ1n) is 10.5. The first-order valence-corrected chi connectivity index (χ1v) is 10.5. The van der Waals surface area contributed by atoms with Gasteiger partial charge in [-0.1, -0.05) is 96.8 Å². The van der Waals surface area contributed by atoms with E-state index in [-0.39, 0.29) is 6.04 Å². The van der Waals surface area contributed by atoms with Gasteiger partial charge in [0.25, 0.3) is 0 Å². The summed E-state index contributed by atoms with van der Waals surface area (Å²) < 4.78 is 0. The van der Waals surface area contributed by atoms with Crippen LogP contribution in [0.1, 0.15) is 116 Å². The number of hydrogen-bond donors (Lipinski definition) is 0. The summed E-state index contributed by atoms with van der Waals surface area (Å²) in [6.45, 7) is 2.28. The average Bonchev–Trinajstić information content (AvgIpc) is 2.57. The van der Waals surface area contributed by atoms with Gasteiger partial charge in [0, 0.05) is 0 Å². The molecule has 0 aliphatic heterocycles. The van der Waals surface area contributed by atoms with Crippen LogP contribution in [-0.2, 0) is 4.79 Å². The fraction of sp³-hybridized carbons (Fsp3) is 0.952. The van der Waals surface area contributed by atoms with Gasteiger partial charge in [-0.25, -0.2) is 9.79 Å². The zero-order valence-corrected chi connectivity index (χ0v) is 15.5. The molecule has 0 bridgehead atoms. The van der Waals surface area contributed by atoms with Crippen LogP contribution in [0.2, 0.25) is 0 Å². The minimum absolute atomic E-state index is 0.259. The Morgan fingerprint density at radius 2 is 1.35 bits per heavy atom. The summed E-state index contributed by atoms with van der Waals surface area (Å²) in [7, 11) is 0. The van der Waals surface area contributed by atoms with E-state index >= 15 is 0 Å². The predicted molar refractivity (Wildman–Crippen MR) is 99.6 cm³/mol. The Morgan fingerprint density at radius 1 is 0.783 bits per heavy atom. The second-order valence-corrected chi connectivity index (χ2v) is 7.51. The molecule has 0 aromatic rings. The van der Waals surface area contributed by atoms with Crippen molar-refractivity contribution in [2.24, 2.45) is 10.9 Å². The highest BCUT2D eigenvalue weighted by atomic mass is 16.1. The number of unbranched alkanes of at least 4 members (excludes halogenated alkanes) is 7. The summed E-state index contributed by atoms with van der Waals surface area (Å²) in [5.41, 5.74) is 0. The molecule has 1 aliphatic carbocycles. The number of aliphatic imine (C=N–C) groups is 1. The molecular formula is C21H39NO. The van der Waals surface area contributed by atoms with Crippen molar-refractivity contribution >= 4 is 6.08 Å². The fourth-order valence-corrected chi connectivity index (χ4v) is 4.01. The Kier molecular flexibility index (Phi) is 13.3. The van der Waals surface area contributed by atoms with Crippen molar-refractivity contribution in [1.29, 1.82) is 0 Å². The van der Waals surface area contributed by atoms with Gasteiger partial charge in [0.15, 0.2) is 0 Å². The molecule has 1 aliphatic rings. The molecule has 1 saturated carbocycles. The molecule has 1 fully saturated rings. The van der Waals surface area contributed by atoms with Crippen molar-refractivity contribution in [2.45, 2.75) is 122 Å². The van der Waals surface area contributed by atoms with E-state index in [0.29, 0.717) is 5.92 Å². The van der Waals surface area contributed by atoms with Crippen LogP contribution >= 0.6 is 0 Å². The van der Waals surface area contributed by atoms with E-state index < -0.39 is 0 Å². The Balaban J connectivity index is 2.25. The van der Waals surface area contributed by atoms with E-state index in [4.69, 9.17) is 0 Å². The molecule has 134 valence electrons. The maximum atomic E-state index is 10.8. The molecule has 1 rings (SSSR count). The van der Waals surface area contributed by atoms with E-state index in [0.717, 1.165) is 6.42 Å². The zero-order valence-electron chi connectivity index (χ0n) is 15.5. The maximum Gasteiger partial charge on any atom is 0.235 e.